The van der Waals surface area contributed by atoms with Crippen LogP contribution in [0, 0.1) is 12.3 Å². The Kier molecular flexibility index (Phi) is 4.64. The maximum atomic E-state index is 5.69. The molecule has 0 aromatic heterocycles. The summed E-state index contributed by atoms with van der Waals surface area (Å²) in [5.41, 5.74) is 10.3. The van der Waals surface area contributed by atoms with Gasteiger partial charge in [0.05, 0.1) is 0 Å². The lowest BCUT2D eigenvalue weighted by atomic mass is 9.85. The predicted molar refractivity (Wildman–Crippen MR) is 82.0 cm³/mol. The second-order valence-electron chi connectivity index (χ2n) is 6.76. The van der Waals surface area contributed by atoms with E-state index in [4.69, 9.17) is 5.73 Å². The first-order chi connectivity index (χ1) is 9.00. The van der Waals surface area contributed by atoms with Crippen molar-refractivity contribution < 1.29 is 0 Å². The zero-order chi connectivity index (χ0) is 13.9. The molecule has 19 heavy (non-hydrogen) atoms. The Morgan fingerprint density at radius 3 is 2.68 bits per heavy atom. The highest BCUT2D eigenvalue weighted by Gasteiger charge is 2.23. The standard InChI is InChI=1S/C17H28N2/c1-14-11-15(12-18)5-6-16(14)13-19-9-4-7-17(2,3)8-10-19/h5-6,11H,4,7-10,12-13,18H2,1-3H3. The molecule has 0 saturated carbocycles. The Morgan fingerprint density at radius 2 is 2.00 bits per heavy atom. The normalized spacial score (nSPS) is 20.2. The molecular formula is C17H28N2. The maximum absolute atomic E-state index is 5.69. The highest BCUT2D eigenvalue weighted by atomic mass is 15.1. The van der Waals surface area contributed by atoms with E-state index in [0.717, 1.165) is 6.54 Å². The third kappa shape index (κ3) is 4.05. The quantitative estimate of drug-likeness (QED) is 0.901. The van der Waals surface area contributed by atoms with Crippen molar-refractivity contribution in [2.24, 2.45) is 11.1 Å². The number of aryl methyl sites for hydroxylation is 1. The van der Waals surface area contributed by atoms with Gasteiger partial charge in [-0.3, -0.25) is 4.90 Å². The number of benzene rings is 1. The summed E-state index contributed by atoms with van der Waals surface area (Å²) < 4.78 is 0. The first kappa shape index (κ1) is 14.5. The molecular weight excluding hydrogens is 232 g/mol. The third-order valence-corrected chi connectivity index (χ3v) is 4.47. The molecule has 0 spiro atoms. The first-order valence-electron chi connectivity index (χ1n) is 7.51. The Morgan fingerprint density at radius 1 is 1.21 bits per heavy atom. The van der Waals surface area contributed by atoms with Gasteiger partial charge in [-0.15, -0.1) is 0 Å². The van der Waals surface area contributed by atoms with Gasteiger partial charge in [-0.2, -0.15) is 0 Å². The minimum atomic E-state index is 0.521. The Bertz CT molecular complexity index is 423. The van der Waals surface area contributed by atoms with Crippen LogP contribution in [-0.4, -0.2) is 18.0 Å². The topological polar surface area (TPSA) is 29.3 Å². The third-order valence-electron chi connectivity index (χ3n) is 4.47. The van der Waals surface area contributed by atoms with Crippen LogP contribution in [0.2, 0.25) is 0 Å². The van der Waals surface area contributed by atoms with Gasteiger partial charge < -0.3 is 5.73 Å². The zero-order valence-electron chi connectivity index (χ0n) is 12.7. The van der Waals surface area contributed by atoms with Crippen LogP contribution in [0.5, 0.6) is 0 Å². The van der Waals surface area contributed by atoms with Crippen molar-refractivity contribution in [1.82, 2.24) is 4.90 Å². The fourth-order valence-electron chi connectivity index (χ4n) is 2.94. The van der Waals surface area contributed by atoms with Gasteiger partial charge in [0, 0.05) is 13.1 Å². The number of rotatable bonds is 3. The van der Waals surface area contributed by atoms with Crippen molar-refractivity contribution in [3.63, 3.8) is 0 Å². The first-order valence-corrected chi connectivity index (χ1v) is 7.51. The molecule has 2 N–H and O–H groups in total. The molecule has 0 aliphatic carbocycles. The fourth-order valence-corrected chi connectivity index (χ4v) is 2.94. The summed E-state index contributed by atoms with van der Waals surface area (Å²) in [5.74, 6) is 0. The molecule has 106 valence electrons. The van der Waals surface area contributed by atoms with Crippen molar-refractivity contribution in [1.29, 1.82) is 0 Å². The molecule has 2 nitrogen and oxygen atoms in total. The Labute approximate surface area is 118 Å². The van der Waals surface area contributed by atoms with Crippen molar-refractivity contribution in [3.05, 3.63) is 34.9 Å². The molecule has 0 unspecified atom stereocenters. The fraction of sp³-hybridized carbons (Fsp3) is 0.647. The molecule has 1 aromatic carbocycles. The molecule has 0 radical (unpaired) electrons. The lowest BCUT2D eigenvalue weighted by Gasteiger charge is -2.24. The Balaban J connectivity index is 2.01. The smallest absolute Gasteiger partial charge is 0.0236 e. The highest BCUT2D eigenvalue weighted by molar-refractivity contribution is 5.31. The van der Waals surface area contributed by atoms with Crippen LogP contribution < -0.4 is 5.73 Å². The van der Waals surface area contributed by atoms with Crippen LogP contribution in [-0.2, 0) is 13.1 Å². The summed E-state index contributed by atoms with van der Waals surface area (Å²) >= 11 is 0. The molecule has 1 saturated heterocycles. The van der Waals surface area contributed by atoms with Crippen LogP contribution in [0.4, 0.5) is 0 Å². The number of likely N-dealkylation sites (tertiary alicyclic amines) is 1. The van der Waals surface area contributed by atoms with Gasteiger partial charge in [0.2, 0.25) is 0 Å². The summed E-state index contributed by atoms with van der Waals surface area (Å²) in [6.45, 7) is 11.2. The molecule has 0 bridgehead atoms. The number of hydrogen-bond donors (Lipinski definition) is 1. The summed E-state index contributed by atoms with van der Waals surface area (Å²) in [7, 11) is 0. The SMILES string of the molecule is Cc1cc(CN)ccc1CN1CCCC(C)(C)CC1. The van der Waals surface area contributed by atoms with E-state index >= 15 is 0 Å². The van der Waals surface area contributed by atoms with E-state index in [1.54, 1.807) is 0 Å². The van der Waals surface area contributed by atoms with E-state index in [2.05, 4.69) is 43.9 Å². The van der Waals surface area contributed by atoms with E-state index < -0.39 is 0 Å². The van der Waals surface area contributed by atoms with Crippen molar-refractivity contribution in [2.45, 2.75) is 53.1 Å². The minimum Gasteiger partial charge on any atom is -0.326 e. The summed E-state index contributed by atoms with van der Waals surface area (Å²) in [6.07, 6.45) is 3.99. The zero-order valence-corrected chi connectivity index (χ0v) is 12.7. The Hall–Kier alpha value is -0.860. The predicted octanol–water partition coefficient (Wildman–Crippen LogP) is 3.47. The van der Waals surface area contributed by atoms with Crippen LogP contribution in [0.1, 0.15) is 49.8 Å². The average Bonchev–Trinajstić information content (AvgIpc) is 2.53. The summed E-state index contributed by atoms with van der Waals surface area (Å²) in [6, 6.07) is 6.66. The molecule has 0 amide bonds. The maximum Gasteiger partial charge on any atom is 0.0236 e. The molecule has 1 aliphatic rings. The highest BCUT2D eigenvalue weighted by Crippen LogP contribution is 2.30. The molecule has 1 aromatic rings. The van der Waals surface area contributed by atoms with Crippen LogP contribution >= 0.6 is 0 Å². The van der Waals surface area contributed by atoms with E-state index in [0.29, 0.717) is 12.0 Å². The van der Waals surface area contributed by atoms with Gasteiger partial charge in [-0.1, -0.05) is 32.0 Å². The van der Waals surface area contributed by atoms with Gasteiger partial charge in [-0.25, -0.2) is 0 Å². The summed E-state index contributed by atoms with van der Waals surface area (Å²) in [5, 5.41) is 0. The summed E-state index contributed by atoms with van der Waals surface area (Å²) in [4.78, 5) is 2.61. The molecule has 2 rings (SSSR count). The van der Waals surface area contributed by atoms with E-state index in [1.807, 2.05) is 0 Å². The van der Waals surface area contributed by atoms with Gasteiger partial charge in [0.15, 0.2) is 0 Å². The second-order valence-corrected chi connectivity index (χ2v) is 6.76. The van der Waals surface area contributed by atoms with Crippen molar-refractivity contribution in [2.75, 3.05) is 13.1 Å². The van der Waals surface area contributed by atoms with Crippen molar-refractivity contribution >= 4 is 0 Å². The van der Waals surface area contributed by atoms with Crippen LogP contribution in [0.3, 0.4) is 0 Å². The monoisotopic (exact) mass is 260 g/mol. The average molecular weight is 260 g/mol. The number of hydrogen-bond acceptors (Lipinski definition) is 2. The van der Waals surface area contributed by atoms with E-state index in [1.165, 1.54) is 49.0 Å². The van der Waals surface area contributed by atoms with Gasteiger partial charge in [0.25, 0.3) is 0 Å². The van der Waals surface area contributed by atoms with Crippen molar-refractivity contribution in [3.8, 4) is 0 Å². The van der Waals surface area contributed by atoms with Crippen LogP contribution in [0.25, 0.3) is 0 Å². The van der Waals surface area contributed by atoms with Gasteiger partial charge in [-0.05, 0) is 61.4 Å². The second kappa shape index (κ2) is 6.06. The van der Waals surface area contributed by atoms with Gasteiger partial charge >= 0.3 is 0 Å². The molecule has 1 aliphatic heterocycles. The lowest BCUT2D eigenvalue weighted by molar-refractivity contribution is 0.255. The van der Waals surface area contributed by atoms with Gasteiger partial charge in [0.1, 0.15) is 0 Å². The largest absolute Gasteiger partial charge is 0.326 e. The van der Waals surface area contributed by atoms with Crippen LogP contribution in [0.15, 0.2) is 18.2 Å². The lowest BCUT2D eigenvalue weighted by Crippen LogP contribution is -2.25. The molecule has 0 atom stereocenters. The molecule has 2 heteroatoms. The number of nitrogens with two attached hydrogens (primary N) is 1. The number of nitrogens with zero attached hydrogens (tertiary/aromatic N) is 1. The molecule has 1 fully saturated rings. The van der Waals surface area contributed by atoms with E-state index in [9.17, 15) is 0 Å². The molecule has 1 heterocycles. The van der Waals surface area contributed by atoms with E-state index in [-0.39, 0.29) is 0 Å². The minimum absolute atomic E-state index is 0.521.